The zero-order valence-electron chi connectivity index (χ0n) is 12.7. The molecule has 3 rings (SSSR count). The van der Waals surface area contributed by atoms with E-state index in [2.05, 4.69) is 15.8 Å². The van der Waals surface area contributed by atoms with Gasteiger partial charge in [0.25, 0.3) is 5.91 Å². The summed E-state index contributed by atoms with van der Waals surface area (Å²) in [5.41, 5.74) is 7.20. The lowest BCUT2D eigenvalue weighted by molar-refractivity contribution is -0.120. The van der Waals surface area contributed by atoms with Gasteiger partial charge in [0.15, 0.2) is 11.5 Å². The van der Waals surface area contributed by atoms with Gasteiger partial charge in [-0.1, -0.05) is 30.3 Å². The highest BCUT2D eigenvalue weighted by molar-refractivity contribution is 6.02. The lowest BCUT2D eigenvalue weighted by Gasteiger charge is -2.17. The van der Waals surface area contributed by atoms with E-state index >= 15 is 0 Å². The number of hydrogen-bond donors (Lipinski definition) is 2. The van der Waals surface area contributed by atoms with Crippen LogP contribution in [0.4, 0.5) is 0 Å². The minimum Gasteiger partial charge on any atom is -0.493 e. The molecule has 0 saturated carbocycles. The van der Waals surface area contributed by atoms with Crippen molar-refractivity contribution in [2.24, 2.45) is 4.99 Å². The number of amides is 1. The molecule has 0 saturated heterocycles. The summed E-state index contributed by atoms with van der Waals surface area (Å²) < 4.78 is 11.2. The third-order valence-electron chi connectivity index (χ3n) is 3.38. The number of aliphatic imine (C=N–C) groups is 1. The van der Waals surface area contributed by atoms with E-state index in [0.29, 0.717) is 23.9 Å². The molecule has 2 aromatic carbocycles. The quantitative estimate of drug-likeness (QED) is 0.881. The molecular formula is C17H17N3O3. The van der Waals surface area contributed by atoms with Crippen molar-refractivity contribution in [2.45, 2.75) is 6.61 Å². The summed E-state index contributed by atoms with van der Waals surface area (Å²) in [6.07, 6.45) is 0. The molecule has 0 unspecified atom stereocenters. The second-order valence-electron chi connectivity index (χ2n) is 4.98. The van der Waals surface area contributed by atoms with Crippen LogP contribution < -0.4 is 20.3 Å². The number of nitrogens with one attached hydrogen (secondary N) is 2. The number of ether oxygens (including phenoxy) is 2. The molecule has 0 atom stereocenters. The van der Waals surface area contributed by atoms with Gasteiger partial charge in [0, 0.05) is 5.56 Å². The van der Waals surface area contributed by atoms with Gasteiger partial charge < -0.3 is 9.47 Å². The summed E-state index contributed by atoms with van der Waals surface area (Å²) >= 11 is 0. The standard InChI is InChI=1S/C17H17N3O3/c1-22-15-9-13(17-18-10-16(21)19-20-17)7-8-14(15)23-11-12-5-3-2-4-6-12/h2-9H,10-11H2,1H3,(H,18,20)(H,19,21). The summed E-state index contributed by atoms with van der Waals surface area (Å²) in [5.74, 6) is 1.70. The van der Waals surface area contributed by atoms with Gasteiger partial charge in [0.2, 0.25) is 0 Å². The molecule has 1 aliphatic heterocycles. The molecule has 0 radical (unpaired) electrons. The monoisotopic (exact) mass is 311 g/mol. The lowest BCUT2D eigenvalue weighted by atomic mass is 10.1. The van der Waals surface area contributed by atoms with Crippen molar-refractivity contribution in [1.82, 2.24) is 10.9 Å². The zero-order chi connectivity index (χ0) is 16.1. The first-order valence-corrected chi connectivity index (χ1v) is 7.20. The maximum atomic E-state index is 11.1. The first-order chi connectivity index (χ1) is 11.3. The maximum Gasteiger partial charge on any atom is 0.260 e. The van der Waals surface area contributed by atoms with Crippen LogP contribution in [0, 0.1) is 0 Å². The van der Waals surface area contributed by atoms with E-state index in [1.807, 2.05) is 48.5 Å². The fourth-order valence-corrected chi connectivity index (χ4v) is 2.19. The second-order valence-corrected chi connectivity index (χ2v) is 4.98. The van der Waals surface area contributed by atoms with Crippen LogP contribution in [0.3, 0.4) is 0 Å². The largest absolute Gasteiger partial charge is 0.493 e. The number of rotatable bonds is 5. The van der Waals surface area contributed by atoms with Crippen molar-refractivity contribution >= 4 is 11.7 Å². The normalized spacial score (nSPS) is 13.6. The van der Waals surface area contributed by atoms with Crippen LogP contribution in [0.1, 0.15) is 11.1 Å². The van der Waals surface area contributed by atoms with E-state index in [0.717, 1.165) is 11.1 Å². The fraction of sp³-hybridized carbons (Fsp3) is 0.176. The highest BCUT2D eigenvalue weighted by Crippen LogP contribution is 2.29. The minimum absolute atomic E-state index is 0.108. The van der Waals surface area contributed by atoms with Gasteiger partial charge >= 0.3 is 0 Å². The zero-order valence-corrected chi connectivity index (χ0v) is 12.7. The molecule has 0 bridgehead atoms. The maximum absolute atomic E-state index is 11.1. The molecule has 2 aromatic rings. The van der Waals surface area contributed by atoms with Gasteiger partial charge in [-0.2, -0.15) is 0 Å². The van der Waals surface area contributed by atoms with Crippen LogP contribution in [0.2, 0.25) is 0 Å². The Morgan fingerprint density at radius 1 is 1.09 bits per heavy atom. The van der Waals surface area contributed by atoms with E-state index in [4.69, 9.17) is 9.47 Å². The summed E-state index contributed by atoms with van der Waals surface area (Å²) in [4.78, 5) is 15.3. The van der Waals surface area contributed by atoms with Gasteiger partial charge in [-0.25, -0.2) is 0 Å². The molecule has 2 N–H and O–H groups in total. The number of carbonyl (C=O) groups excluding carboxylic acids is 1. The van der Waals surface area contributed by atoms with Crippen LogP contribution >= 0.6 is 0 Å². The van der Waals surface area contributed by atoms with E-state index in [1.54, 1.807) is 7.11 Å². The molecule has 0 spiro atoms. The number of benzene rings is 2. The Morgan fingerprint density at radius 3 is 2.61 bits per heavy atom. The van der Waals surface area contributed by atoms with E-state index in [-0.39, 0.29) is 12.5 Å². The Morgan fingerprint density at radius 2 is 1.91 bits per heavy atom. The minimum atomic E-state index is -0.163. The van der Waals surface area contributed by atoms with Crippen molar-refractivity contribution in [2.75, 3.05) is 13.7 Å². The van der Waals surface area contributed by atoms with Crippen molar-refractivity contribution in [3.05, 3.63) is 59.7 Å². The molecule has 0 aliphatic carbocycles. The first kappa shape index (κ1) is 14.9. The molecule has 118 valence electrons. The summed E-state index contributed by atoms with van der Waals surface area (Å²) in [6.45, 7) is 0.572. The Labute approximate surface area is 134 Å². The van der Waals surface area contributed by atoms with Crippen molar-refractivity contribution in [3.63, 3.8) is 0 Å². The highest BCUT2D eigenvalue weighted by Gasteiger charge is 2.14. The molecule has 1 heterocycles. The number of amidine groups is 1. The second kappa shape index (κ2) is 6.83. The topological polar surface area (TPSA) is 72.0 Å². The van der Waals surface area contributed by atoms with Crippen LogP contribution in [0.15, 0.2) is 53.5 Å². The van der Waals surface area contributed by atoms with Gasteiger partial charge in [-0.3, -0.25) is 20.6 Å². The van der Waals surface area contributed by atoms with Crippen LogP contribution in [-0.2, 0) is 11.4 Å². The average molecular weight is 311 g/mol. The molecule has 0 fully saturated rings. The Kier molecular flexibility index (Phi) is 4.42. The van der Waals surface area contributed by atoms with Gasteiger partial charge in [0.05, 0.1) is 7.11 Å². The van der Waals surface area contributed by atoms with E-state index < -0.39 is 0 Å². The summed E-state index contributed by atoms with van der Waals surface area (Å²) in [5, 5.41) is 0. The first-order valence-electron chi connectivity index (χ1n) is 7.20. The molecule has 1 amide bonds. The predicted octanol–water partition coefficient (Wildman–Crippen LogP) is 1.66. The number of methoxy groups -OCH3 is 1. The summed E-state index contributed by atoms with van der Waals surface area (Å²) in [7, 11) is 1.59. The number of hydrazine groups is 1. The molecule has 1 aliphatic rings. The predicted molar refractivity (Wildman–Crippen MR) is 86.5 cm³/mol. The van der Waals surface area contributed by atoms with Crippen molar-refractivity contribution in [3.8, 4) is 11.5 Å². The van der Waals surface area contributed by atoms with Crippen LogP contribution in [0.25, 0.3) is 0 Å². The highest BCUT2D eigenvalue weighted by atomic mass is 16.5. The number of nitrogens with zero attached hydrogens (tertiary/aromatic N) is 1. The Hall–Kier alpha value is -3.02. The lowest BCUT2D eigenvalue weighted by Crippen LogP contribution is -2.47. The molecule has 0 aromatic heterocycles. The van der Waals surface area contributed by atoms with E-state index in [9.17, 15) is 4.79 Å². The molecule has 6 heteroatoms. The van der Waals surface area contributed by atoms with Crippen LogP contribution in [0.5, 0.6) is 11.5 Å². The smallest absolute Gasteiger partial charge is 0.260 e. The molecule has 6 nitrogen and oxygen atoms in total. The fourth-order valence-electron chi connectivity index (χ4n) is 2.19. The van der Waals surface area contributed by atoms with Crippen molar-refractivity contribution in [1.29, 1.82) is 0 Å². The molecular weight excluding hydrogens is 294 g/mol. The van der Waals surface area contributed by atoms with E-state index in [1.165, 1.54) is 0 Å². The van der Waals surface area contributed by atoms with Gasteiger partial charge in [0.1, 0.15) is 19.0 Å². The van der Waals surface area contributed by atoms with Crippen molar-refractivity contribution < 1.29 is 14.3 Å². The number of carbonyl (C=O) groups is 1. The van der Waals surface area contributed by atoms with Gasteiger partial charge in [-0.15, -0.1) is 0 Å². The summed E-state index contributed by atoms with van der Waals surface area (Å²) in [6, 6.07) is 15.4. The average Bonchev–Trinajstić information content (AvgIpc) is 2.61. The van der Waals surface area contributed by atoms with Gasteiger partial charge in [-0.05, 0) is 23.8 Å². The molecule has 23 heavy (non-hydrogen) atoms. The van der Waals surface area contributed by atoms with Crippen LogP contribution in [-0.4, -0.2) is 25.4 Å². The SMILES string of the molecule is COc1cc(C2=NCC(=O)NN2)ccc1OCc1ccccc1. The third-order valence-corrected chi connectivity index (χ3v) is 3.38. The third kappa shape index (κ3) is 3.60. The Balaban J connectivity index is 1.76. The number of hydrogen-bond acceptors (Lipinski definition) is 5. The Bertz CT molecular complexity index is 729.